The molecule has 0 unspecified atom stereocenters. The smallest absolute Gasteiger partial charge is 0.238 e. The Morgan fingerprint density at radius 3 is 1.64 bits per heavy atom. The first-order valence-electron chi connectivity index (χ1n) is 25.1. The fourth-order valence-corrected chi connectivity index (χ4v) is 11.4. The highest BCUT2D eigenvalue weighted by molar-refractivity contribution is 6.26. The van der Waals surface area contributed by atoms with Crippen molar-refractivity contribution in [1.29, 1.82) is 0 Å². The minimum atomic E-state index is 0.521. The normalized spacial score (nSPS) is 12.0. The van der Waals surface area contributed by atoms with Gasteiger partial charge in [0, 0.05) is 72.8 Å². The van der Waals surface area contributed by atoms with E-state index in [0.717, 1.165) is 116 Å². The number of rotatable bonds is 7. The maximum absolute atomic E-state index is 6.26. The van der Waals surface area contributed by atoms with Crippen LogP contribution in [0.25, 0.3) is 145 Å². The number of furan rings is 1. The standard InChI is InChI=1S/C66H40N8O/c1-3-16-43(17-4-1)64-68-65(44-18-5-2-6-19-44)70-66(69-64)73-57-31-28-47(72-37-35-42-15-8-11-23-55(42)72)40-52(57)62-58(73)32-29-49-50-39-46(71-36-34-41-14-7-10-22-54(41)71)27-30-56(50)74(63(49)62)61-25-13-21-53(67-61)45-26-33-60-51(38-45)48-20-9-12-24-59(48)75-60/h1-40H. The molecule has 350 valence electrons. The minimum absolute atomic E-state index is 0.521. The largest absolute Gasteiger partial charge is 0.456 e. The molecule has 7 aromatic heterocycles. The van der Waals surface area contributed by atoms with Gasteiger partial charge in [-0.15, -0.1) is 0 Å². The molecule has 0 aliphatic carbocycles. The van der Waals surface area contributed by atoms with Crippen LogP contribution in [0.15, 0.2) is 247 Å². The van der Waals surface area contributed by atoms with Crippen molar-refractivity contribution in [3.05, 3.63) is 243 Å². The Bertz CT molecular complexity index is 4900. The molecule has 9 heteroatoms. The maximum Gasteiger partial charge on any atom is 0.238 e. The van der Waals surface area contributed by atoms with Crippen LogP contribution in [0.3, 0.4) is 0 Å². The lowest BCUT2D eigenvalue weighted by Crippen LogP contribution is -2.06. The zero-order valence-corrected chi connectivity index (χ0v) is 40.1. The quantitative estimate of drug-likeness (QED) is 0.159. The van der Waals surface area contributed by atoms with Crippen LogP contribution in [0.2, 0.25) is 0 Å². The van der Waals surface area contributed by atoms with Gasteiger partial charge in [-0.3, -0.25) is 9.13 Å². The molecule has 0 bridgehead atoms. The van der Waals surface area contributed by atoms with Crippen molar-refractivity contribution in [1.82, 2.24) is 38.2 Å². The van der Waals surface area contributed by atoms with E-state index in [1.165, 1.54) is 10.8 Å². The van der Waals surface area contributed by atoms with E-state index in [2.05, 4.69) is 213 Å². The highest BCUT2D eigenvalue weighted by Gasteiger charge is 2.25. The van der Waals surface area contributed by atoms with E-state index in [9.17, 15) is 0 Å². The predicted molar refractivity (Wildman–Crippen MR) is 304 cm³/mol. The topological polar surface area (TPSA) is 84.4 Å². The van der Waals surface area contributed by atoms with Crippen molar-refractivity contribution in [3.8, 4) is 57.2 Å². The number of para-hydroxylation sites is 3. The zero-order valence-electron chi connectivity index (χ0n) is 40.1. The predicted octanol–water partition coefficient (Wildman–Crippen LogP) is 16.2. The molecule has 0 spiro atoms. The first-order chi connectivity index (χ1) is 37.2. The van der Waals surface area contributed by atoms with E-state index in [1.54, 1.807) is 0 Å². The minimum Gasteiger partial charge on any atom is -0.456 e. The van der Waals surface area contributed by atoms with Crippen LogP contribution >= 0.6 is 0 Å². The molecule has 0 radical (unpaired) electrons. The first-order valence-corrected chi connectivity index (χ1v) is 25.1. The fourth-order valence-electron chi connectivity index (χ4n) is 11.4. The van der Waals surface area contributed by atoms with Crippen molar-refractivity contribution in [2.75, 3.05) is 0 Å². The van der Waals surface area contributed by atoms with Crippen molar-refractivity contribution in [3.63, 3.8) is 0 Å². The van der Waals surface area contributed by atoms with E-state index in [4.69, 9.17) is 24.4 Å². The Kier molecular flexibility index (Phi) is 8.84. The van der Waals surface area contributed by atoms with E-state index < -0.39 is 0 Å². The molecule has 75 heavy (non-hydrogen) atoms. The lowest BCUT2D eigenvalue weighted by molar-refractivity contribution is 0.669. The van der Waals surface area contributed by atoms with Crippen LogP contribution < -0.4 is 0 Å². The molecule has 0 fully saturated rings. The van der Waals surface area contributed by atoms with E-state index >= 15 is 0 Å². The van der Waals surface area contributed by atoms with Crippen molar-refractivity contribution in [2.45, 2.75) is 0 Å². The summed E-state index contributed by atoms with van der Waals surface area (Å²) in [6.07, 6.45) is 4.32. The summed E-state index contributed by atoms with van der Waals surface area (Å²) >= 11 is 0. The summed E-state index contributed by atoms with van der Waals surface area (Å²) in [5, 5.41) is 8.79. The lowest BCUT2D eigenvalue weighted by Gasteiger charge is -2.12. The van der Waals surface area contributed by atoms with Crippen molar-refractivity contribution in [2.24, 2.45) is 0 Å². The molecule has 7 heterocycles. The second kappa shape index (κ2) is 16.1. The SMILES string of the molecule is c1ccc(-c2nc(-c3ccccc3)nc(-n3c4ccc(-n5ccc6ccccc65)cc4c4c3ccc3c5cc(-n6ccc7ccccc76)ccc5n(-c5cccc(-c6ccc7oc8ccccc8c7c6)n5)c34)n2)cc1. The second-order valence-electron chi connectivity index (χ2n) is 19.1. The van der Waals surface area contributed by atoms with Gasteiger partial charge >= 0.3 is 0 Å². The molecule has 0 saturated heterocycles. The average Bonchev–Trinajstić information content (AvgIpc) is 4.36. The Morgan fingerprint density at radius 2 is 0.933 bits per heavy atom. The molecular weight excluding hydrogens is 921 g/mol. The fraction of sp³-hybridized carbons (Fsp3) is 0. The molecular formula is C66H40N8O. The van der Waals surface area contributed by atoms with Gasteiger partial charge in [0.05, 0.1) is 38.8 Å². The van der Waals surface area contributed by atoms with Gasteiger partial charge < -0.3 is 13.6 Å². The van der Waals surface area contributed by atoms with Gasteiger partial charge in [0.15, 0.2) is 11.6 Å². The maximum atomic E-state index is 6.26. The van der Waals surface area contributed by atoms with E-state index in [0.29, 0.717) is 17.6 Å². The van der Waals surface area contributed by atoms with Crippen molar-refractivity contribution < 1.29 is 4.42 Å². The van der Waals surface area contributed by atoms with Crippen LogP contribution in [0.5, 0.6) is 0 Å². The molecule has 0 amide bonds. The number of benzene rings is 9. The summed E-state index contributed by atoms with van der Waals surface area (Å²) < 4.78 is 15.4. The highest BCUT2D eigenvalue weighted by Crippen LogP contribution is 2.44. The Balaban J connectivity index is 1.02. The van der Waals surface area contributed by atoms with Crippen LogP contribution in [-0.4, -0.2) is 38.2 Å². The number of aromatic nitrogens is 8. The molecule has 0 aliphatic heterocycles. The van der Waals surface area contributed by atoms with Crippen LogP contribution in [0.1, 0.15) is 0 Å². The number of fused-ring (bicyclic) bond motifs is 12. The average molecular weight is 961 g/mol. The second-order valence-corrected chi connectivity index (χ2v) is 19.1. The van der Waals surface area contributed by atoms with Gasteiger partial charge in [-0.2, -0.15) is 9.97 Å². The third-order valence-corrected chi connectivity index (χ3v) is 14.9. The Morgan fingerprint density at radius 1 is 0.333 bits per heavy atom. The summed E-state index contributed by atoms with van der Waals surface area (Å²) in [5.41, 5.74) is 13.7. The van der Waals surface area contributed by atoms with Gasteiger partial charge in [-0.05, 0) is 114 Å². The van der Waals surface area contributed by atoms with Gasteiger partial charge in [-0.1, -0.05) is 127 Å². The Labute approximate surface area is 428 Å². The molecule has 0 N–H and O–H groups in total. The van der Waals surface area contributed by atoms with E-state index in [-0.39, 0.29) is 0 Å². The summed E-state index contributed by atoms with van der Waals surface area (Å²) in [6, 6.07) is 80.7. The van der Waals surface area contributed by atoms with Crippen molar-refractivity contribution >= 4 is 87.4 Å². The monoisotopic (exact) mass is 960 g/mol. The molecule has 16 aromatic rings. The summed E-state index contributed by atoms with van der Waals surface area (Å²) in [7, 11) is 0. The van der Waals surface area contributed by atoms with Gasteiger partial charge in [-0.25, -0.2) is 9.97 Å². The number of hydrogen-bond donors (Lipinski definition) is 0. The lowest BCUT2D eigenvalue weighted by atomic mass is 10.1. The first kappa shape index (κ1) is 41.3. The number of hydrogen-bond acceptors (Lipinski definition) is 5. The third-order valence-electron chi connectivity index (χ3n) is 14.9. The summed E-state index contributed by atoms with van der Waals surface area (Å²) in [5.74, 6) is 2.50. The van der Waals surface area contributed by atoms with Gasteiger partial charge in [0.2, 0.25) is 5.95 Å². The molecule has 9 aromatic carbocycles. The molecule has 0 aliphatic rings. The van der Waals surface area contributed by atoms with Crippen LogP contribution in [0, 0.1) is 0 Å². The van der Waals surface area contributed by atoms with Gasteiger partial charge in [0.25, 0.3) is 0 Å². The number of pyridine rings is 1. The summed E-state index contributed by atoms with van der Waals surface area (Å²) in [4.78, 5) is 21.4. The molecule has 16 rings (SSSR count). The number of nitrogens with zero attached hydrogens (tertiary/aromatic N) is 8. The zero-order chi connectivity index (χ0) is 49.1. The molecule has 0 atom stereocenters. The van der Waals surface area contributed by atoms with E-state index in [1.807, 2.05) is 48.5 Å². The van der Waals surface area contributed by atoms with Crippen LogP contribution in [0.4, 0.5) is 0 Å². The Hall–Kier alpha value is -10.4. The third kappa shape index (κ3) is 6.38. The van der Waals surface area contributed by atoms with Crippen LogP contribution in [-0.2, 0) is 0 Å². The highest BCUT2D eigenvalue weighted by atomic mass is 16.3. The summed E-state index contributed by atoms with van der Waals surface area (Å²) in [6.45, 7) is 0. The van der Waals surface area contributed by atoms with Gasteiger partial charge in [0.1, 0.15) is 17.0 Å². The molecule has 0 saturated carbocycles. The molecule has 9 nitrogen and oxygen atoms in total.